The lowest BCUT2D eigenvalue weighted by Gasteiger charge is -2.20. The van der Waals surface area contributed by atoms with Gasteiger partial charge in [0.05, 0.1) is 29.2 Å². The lowest BCUT2D eigenvalue weighted by molar-refractivity contribution is 0.430. The molecule has 2 aromatic heterocycles. The number of aryl methyl sites for hydroxylation is 2. The average molecular weight is 296 g/mol. The first-order chi connectivity index (χ1) is 9.76. The van der Waals surface area contributed by atoms with Gasteiger partial charge in [0.25, 0.3) is 0 Å². The van der Waals surface area contributed by atoms with Crippen LogP contribution in [0.25, 0.3) is 0 Å². The highest BCUT2D eigenvalue weighted by Gasteiger charge is 2.19. The van der Waals surface area contributed by atoms with Crippen LogP contribution in [0.5, 0.6) is 0 Å². The van der Waals surface area contributed by atoms with Crippen molar-refractivity contribution >= 4 is 11.6 Å². The van der Waals surface area contributed by atoms with Crippen LogP contribution in [0, 0.1) is 0 Å². The molecule has 0 fully saturated rings. The van der Waals surface area contributed by atoms with Crippen molar-refractivity contribution in [3.05, 3.63) is 41.1 Å². The molecule has 0 saturated carbocycles. The summed E-state index contributed by atoms with van der Waals surface area (Å²) in [6.07, 6.45) is 6.37. The summed E-state index contributed by atoms with van der Waals surface area (Å²) < 4.78 is 7.38. The summed E-state index contributed by atoms with van der Waals surface area (Å²) in [7, 11) is 0. The molecule has 0 aliphatic heterocycles. The van der Waals surface area contributed by atoms with E-state index in [-0.39, 0.29) is 6.04 Å². The maximum atomic E-state index is 6.31. The van der Waals surface area contributed by atoms with Gasteiger partial charge < -0.3 is 9.73 Å². The van der Waals surface area contributed by atoms with Gasteiger partial charge in [-0.3, -0.25) is 4.68 Å². The van der Waals surface area contributed by atoms with Crippen molar-refractivity contribution in [3.63, 3.8) is 0 Å². The molecule has 0 bridgehead atoms. The van der Waals surface area contributed by atoms with Crippen LogP contribution in [0.1, 0.15) is 44.2 Å². The molecule has 1 atom stereocenters. The monoisotopic (exact) mass is 295 g/mol. The number of rotatable bonds is 8. The van der Waals surface area contributed by atoms with Crippen molar-refractivity contribution in [1.82, 2.24) is 15.1 Å². The van der Waals surface area contributed by atoms with Crippen LogP contribution in [0.4, 0.5) is 0 Å². The van der Waals surface area contributed by atoms with Gasteiger partial charge in [0, 0.05) is 13.0 Å². The summed E-state index contributed by atoms with van der Waals surface area (Å²) >= 11 is 6.31. The second-order valence-electron chi connectivity index (χ2n) is 4.82. The summed E-state index contributed by atoms with van der Waals surface area (Å²) in [6, 6.07) is 4.14. The molecule has 0 aromatic carbocycles. The Labute approximate surface area is 125 Å². The molecular weight excluding hydrogens is 274 g/mol. The predicted molar refractivity (Wildman–Crippen MR) is 81.0 cm³/mol. The Kier molecular flexibility index (Phi) is 5.68. The number of halogens is 1. The van der Waals surface area contributed by atoms with Crippen molar-refractivity contribution in [3.8, 4) is 0 Å². The maximum Gasteiger partial charge on any atom is 0.103 e. The quantitative estimate of drug-likeness (QED) is 0.805. The summed E-state index contributed by atoms with van der Waals surface area (Å²) in [6.45, 7) is 6.03. The molecule has 0 amide bonds. The van der Waals surface area contributed by atoms with E-state index in [0.717, 1.165) is 48.8 Å². The third-order valence-electron chi connectivity index (χ3n) is 3.36. The molecule has 2 aromatic rings. The van der Waals surface area contributed by atoms with E-state index in [1.807, 2.05) is 16.8 Å². The molecule has 0 spiro atoms. The summed E-state index contributed by atoms with van der Waals surface area (Å²) in [5.74, 6) is 1.01. The fourth-order valence-electron chi connectivity index (χ4n) is 2.37. The zero-order valence-electron chi connectivity index (χ0n) is 12.1. The molecule has 20 heavy (non-hydrogen) atoms. The first-order valence-electron chi connectivity index (χ1n) is 7.23. The molecule has 0 radical (unpaired) electrons. The standard InChI is InChI=1S/C15H22ClN3O/c1-3-9-17-14(8-7-12-6-5-10-20-12)15-13(16)11-18-19(15)4-2/h5-6,10-11,14,17H,3-4,7-9H2,1-2H3. The van der Waals surface area contributed by atoms with Crippen LogP contribution < -0.4 is 5.32 Å². The molecule has 4 nitrogen and oxygen atoms in total. The Morgan fingerprint density at radius 1 is 1.45 bits per heavy atom. The van der Waals surface area contributed by atoms with Gasteiger partial charge >= 0.3 is 0 Å². The zero-order chi connectivity index (χ0) is 14.4. The van der Waals surface area contributed by atoms with E-state index in [9.17, 15) is 0 Å². The van der Waals surface area contributed by atoms with E-state index in [0.29, 0.717) is 0 Å². The van der Waals surface area contributed by atoms with E-state index < -0.39 is 0 Å². The first-order valence-corrected chi connectivity index (χ1v) is 7.61. The van der Waals surface area contributed by atoms with Crippen molar-refractivity contribution in [1.29, 1.82) is 0 Å². The molecule has 2 heterocycles. The number of hydrogen-bond donors (Lipinski definition) is 1. The molecule has 0 saturated heterocycles. The van der Waals surface area contributed by atoms with Crippen molar-refractivity contribution < 1.29 is 4.42 Å². The van der Waals surface area contributed by atoms with Crippen LogP contribution in [0.2, 0.25) is 5.02 Å². The highest BCUT2D eigenvalue weighted by atomic mass is 35.5. The molecule has 0 aliphatic carbocycles. The molecular formula is C15H22ClN3O. The Bertz CT molecular complexity index is 507. The average Bonchev–Trinajstić information content (AvgIpc) is 3.09. The van der Waals surface area contributed by atoms with Crippen molar-refractivity contribution in [2.75, 3.05) is 6.54 Å². The van der Waals surface area contributed by atoms with Gasteiger partial charge in [0.1, 0.15) is 5.76 Å². The number of furan rings is 1. The minimum atomic E-state index is 0.204. The lowest BCUT2D eigenvalue weighted by Crippen LogP contribution is -2.25. The maximum absolute atomic E-state index is 6.31. The Morgan fingerprint density at radius 2 is 2.30 bits per heavy atom. The normalized spacial score (nSPS) is 12.8. The van der Waals surface area contributed by atoms with Gasteiger partial charge in [-0.15, -0.1) is 0 Å². The van der Waals surface area contributed by atoms with Crippen molar-refractivity contribution in [2.45, 2.75) is 45.7 Å². The smallest absolute Gasteiger partial charge is 0.103 e. The largest absolute Gasteiger partial charge is 0.469 e. The van der Waals surface area contributed by atoms with E-state index in [1.165, 1.54) is 0 Å². The van der Waals surface area contributed by atoms with Crippen molar-refractivity contribution in [2.24, 2.45) is 0 Å². The molecule has 1 N–H and O–H groups in total. The third kappa shape index (κ3) is 3.64. The van der Waals surface area contributed by atoms with Crippen LogP contribution in [-0.2, 0) is 13.0 Å². The van der Waals surface area contributed by atoms with Gasteiger partial charge in [0.2, 0.25) is 0 Å². The number of aromatic nitrogens is 2. The lowest BCUT2D eigenvalue weighted by atomic mass is 10.1. The van der Waals surface area contributed by atoms with E-state index >= 15 is 0 Å². The van der Waals surface area contributed by atoms with Crippen LogP contribution in [0.15, 0.2) is 29.0 Å². The van der Waals surface area contributed by atoms with Crippen LogP contribution in [0.3, 0.4) is 0 Å². The Morgan fingerprint density at radius 3 is 2.95 bits per heavy atom. The van der Waals surface area contributed by atoms with E-state index in [2.05, 4.69) is 24.3 Å². The predicted octanol–water partition coefficient (Wildman–Crippen LogP) is 3.82. The van der Waals surface area contributed by atoms with Gasteiger partial charge in [-0.2, -0.15) is 5.10 Å². The van der Waals surface area contributed by atoms with Crippen LogP contribution in [-0.4, -0.2) is 16.3 Å². The Balaban J connectivity index is 2.11. The van der Waals surface area contributed by atoms with E-state index in [4.69, 9.17) is 16.0 Å². The van der Waals surface area contributed by atoms with Gasteiger partial charge in [0.15, 0.2) is 0 Å². The highest BCUT2D eigenvalue weighted by Crippen LogP contribution is 2.26. The highest BCUT2D eigenvalue weighted by molar-refractivity contribution is 6.31. The fourth-order valence-corrected chi connectivity index (χ4v) is 2.64. The van der Waals surface area contributed by atoms with E-state index in [1.54, 1.807) is 12.5 Å². The molecule has 5 heteroatoms. The molecule has 1 unspecified atom stereocenters. The number of nitrogens with one attached hydrogen (secondary N) is 1. The SMILES string of the molecule is CCCNC(CCc1ccco1)c1c(Cl)cnn1CC. The molecule has 110 valence electrons. The number of hydrogen-bond acceptors (Lipinski definition) is 3. The minimum absolute atomic E-state index is 0.204. The fraction of sp³-hybridized carbons (Fsp3) is 0.533. The number of nitrogens with zero attached hydrogens (tertiary/aromatic N) is 2. The minimum Gasteiger partial charge on any atom is -0.469 e. The molecule has 2 rings (SSSR count). The second kappa shape index (κ2) is 7.50. The first kappa shape index (κ1) is 15.1. The van der Waals surface area contributed by atoms with Gasteiger partial charge in [-0.05, 0) is 38.4 Å². The second-order valence-corrected chi connectivity index (χ2v) is 5.23. The summed E-state index contributed by atoms with van der Waals surface area (Å²) in [5, 5.41) is 8.63. The van der Waals surface area contributed by atoms with Gasteiger partial charge in [-0.25, -0.2) is 0 Å². The summed E-state index contributed by atoms with van der Waals surface area (Å²) in [5.41, 5.74) is 1.08. The summed E-state index contributed by atoms with van der Waals surface area (Å²) in [4.78, 5) is 0. The topological polar surface area (TPSA) is 43.0 Å². The zero-order valence-corrected chi connectivity index (χ0v) is 12.9. The molecule has 0 aliphatic rings. The Hall–Kier alpha value is -1.26. The van der Waals surface area contributed by atoms with Crippen LogP contribution >= 0.6 is 11.6 Å². The van der Waals surface area contributed by atoms with Gasteiger partial charge in [-0.1, -0.05) is 18.5 Å². The third-order valence-corrected chi connectivity index (χ3v) is 3.65.